The van der Waals surface area contributed by atoms with E-state index >= 15 is 0 Å². The quantitative estimate of drug-likeness (QED) is 0.665. The molecule has 5 nitrogen and oxygen atoms in total. The number of fused-ring (bicyclic) bond motifs is 1. The van der Waals surface area contributed by atoms with E-state index in [0.717, 1.165) is 0 Å². The molecule has 0 aliphatic heterocycles. The van der Waals surface area contributed by atoms with E-state index in [1.54, 1.807) is 12.1 Å². The second-order valence-corrected chi connectivity index (χ2v) is 2.87. The van der Waals surface area contributed by atoms with Crippen molar-refractivity contribution in [2.75, 3.05) is 0 Å². The Balaban J connectivity index is 2.94. The molecule has 0 aliphatic carbocycles. The van der Waals surface area contributed by atoms with Gasteiger partial charge in [-0.05, 0) is 12.1 Å². The third-order valence-corrected chi connectivity index (χ3v) is 2.03. The summed E-state index contributed by atoms with van der Waals surface area (Å²) in [6.45, 7) is 0.0517. The molecular formula is C9H9N3O2. The highest BCUT2D eigenvalue weighted by Gasteiger charge is 2.06. The predicted molar refractivity (Wildman–Crippen MR) is 51.9 cm³/mol. The van der Waals surface area contributed by atoms with Crippen molar-refractivity contribution in [3.8, 4) is 5.75 Å². The Hall–Kier alpha value is -1.88. The molecule has 0 saturated carbocycles. The summed E-state index contributed by atoms with van der Waals surface area (Å²) >= 11 is 0. The van der Waals surface area contributed by atoms with Gasteiger partial charge in [-0.2, -0.15) is 0 Å². The Morgan fingerprint density at radius 3 is 3.00 bits per heavy atom. The number of phenolic OH excluding ortho intramolecular Hbond substituents is 1. The van der Waals surface area contributed by atoms with Gasteiger partial charge in [0.1, 0.15) is 11.1 Å². The standard InChI is InChI=1S/C9H9N3O2/c10-4-12-5-11-6-2-1-3-7(13)8(6)9(12)14/h1-3,5,13H,4,10H2. The van der Waals surface area contributed by atoms with Crippen molar-refractivity contribution in [1.82, 2.24) is 9.55 Å². The molecule has 0 aliphatic rings. The van der Waals surface area contributed by atoms with Crippen molar-refractivity contribution in [1.29, 1.82) is 0 Å². The van der Waals surface area contributed by atoms with Crippen LogP contribution in [-0.4, -0.2) is 14.7 Å². The van der Waals surface area contributed by atoms with E-state index < -0.39 is 0 Å². The molecule has 0 spiro atoms. The van der Waals surface area contributed by atoms with Gasteiger partial charge >= 0.3 is 0 Å². The van der Waals surface area contributed by atoms with Crippen LogP contribution < -0.4 is 11.3 Å². The van der Waals surface area contributed by atoms with Crippen molar-refractivity contribution in [2.45, 2.75) is 6.67 Å². The topological polar surface area (TPSA) is 81.1 Å². The van der Waals surface area contributed by atoms with Gasteiger partial charge in [0.25, 0.3) is 5.56 Å². The summed E-state index contributed by atoms with van der Waals surface area (Å²) in [4.78, 5) is 15.7. The Morgan fingerprint density at radius 2 is 2.29 bits per heavy atom. The fourth-order valence-corrected chi connectivity index (χ4v) is 1.31. The number of aromatic hydroxyl groups is 1. The Kier molecular flexibility index (Phi) is 1.94. The van der Waals surface area contributed by atoms with Crippen LogP contribution in [0.3, 0.4) is 0 Å². The van der Waals surface area contributed by atoms with Gasteiger partial charge in [-0.15, -0.1) is 0 Å². The molecule has 14 heavy (non-hydrogen) atoms. The molecule has 1 heterocycles. The minimum atomic E-state index is -0.324. The van der Waals surface area contributed by atoms with Crippen LogP contribution in [0.4, 0.5) is 0 Å². The first-order valence-corrected chi connectivity index (χ1v) is 4.11. The van der Waals surface area contributed by atoms with Crippen molar-refractivity contribution in [2.24, 2.45) is 5.73 Å². The smallest absolute Gasteiger partial charge is 0.266 e. The van der Waals surface area contributed by atoms with E-state index in [2.05, 4.69) is 4.98 Å². The zero-order valence-electron chi connectivity index (χ0n) is 7.34. The highest BCUT2D eigenvalue weighted by Crippen LogP contribution is 2.17. The number of nitrogens with zero attached hydrogens (tertiary/aromatic N) is 2. The SMILES string of the molecule is NCn1cnc2cccc(O)c2c1=O. The number of rotatable bonds is 1. The zero-order chi connectivity index (χ0) is 10.1. The number of hydrogen-bond donors (Lipinski definition) is 2. The molecule has 2 rings (SSSR count). The molecule has 0 atom stereocenters. The number of aromatic nitrogens is 2. The highest BCUT2D eigenvalue weighted by molar-refractivity contribution is 5.83. The van der Waals surface area contributed by atoms with Crippen molar-refractivity contribution >= 4 is 10.9 Å². The van der Waals surface area contributed by atoms with Crippen molar-refractivity contribution in [3.05, 3.63) is 34.9 Å². The fraction of sp³-hybridized carbons (Fsp3) is 0.111. The van der Waals surface area contributed by atoms with E-state index in [9.17, 15) is 9.90 Å². The van der Waals surface area contributed by atoms with Gasteiger partial charge in [0.05, 0.1) is 18.5 Å². The van der Waals surface area contributed by atoms with Crippen LogP contribution in [0.25, 0.3) is 10.9 Å². The number of hydrogen-bond acceptors (Lipinski definition) is 4. The summed E-state index contributed by atoms with van der Waals surface area (Å²) in [7, 11) is 0. The van der Waals surface area contributed by atoms with Gasteiger partial charge in [0.2, 0.25) is 0 Å². The zero-order valence-corrected chi connectivity index (χ0v) is 7.34. The van der Waals surface area contributed by atoms with E-state index in [1.165, 1.54) is 17.0 Å². The van der Waals surface area contributed by atoms with Gasteiger partial charge in [-0.25, -0.2) is 4.98 Å². The van der Waals surface area contributed by atoms with Crippen LogP contribution in [0.2, 0.25) is 0 Å². The van der Waals surface area contributed by atoms with Crippen LogP contribution in [0.5, 0.6) is 5.75 Å². The molecule has 2 aromatic rings. The van der Waals surface area contributed by atoms with Gasteiger partial charge in [0, 0.05) is 0 Å². The molecule has 0 amide bonds. The highest BCUT2D eigenvalue weighted by atomic mass is 16.3. The summed E-state index contributed by atoms with van der Waals surface area (Å²) in [6, 6.07) is 4.75. The monoisotopic (exact) mass is 191 g/mol. The average molecular weight is 191 g/mol. The van der Waals surface area contributed by atoms with Crippen LogP contribution >= 0.6 is 0 Å². The molecule has 0 bridgehead atoms. The van der Waals surface area contributed by atoms with Gasteiger partial charge < -0.3 is 10.8 Å². The lowest BCUT2D eigenvalue weighted by molar-refractivity contribution is 0.480. The average Bonchev–Trinajstić information content (AvgIpc) is 2.18. The van der Waals surface area contributed by atoms with Gasteiger partial charge in [0.15, 0.2) is 0 Å². The molecule has 72 valence electrons. The number of phenols is 1. The van der Waals surface area contributed by atoms with Crippen LogP contribution in [0, 0.1) is 0 Å². The molecule has 0 radical (unpaired) electrons. The lowest BCUT2D eigenvalue weighted by Crippen LogP contribution is -2.24. The Labute approximate surface area is 79.4 Å². The lowest BCUT2D eigenvalue weighted by atomic mass is 10.2. The third-order valence-electron chi connectivity index (χ3n) is 2.03. The van der Waals surface area contributed by atoms with Crippen LogP contribution in [0.1, 0.15) is 0 Å². The molecule has 0 fully saturated rings. The maximum Gasteiger partial charge on any atom is 0.266 e. The summed E-state index contributed by atoms with van der Waals surface area (Å²) in [5.74, 6) is -0.0669. The molecule has 1 aromatic heterocycles. The fourth-order valence-electron chi connectivity index (χ4n) is 1.31. The molecular weight excluding hydrogens is 182 g/mol. The number of benzene rings is 1. The van der Waals surface area contributed by atoms with E-state index in [0.29, 0.717) is 5.52 Å². The summed E-state index contributed by atoms with van der Waals surface area (Å²) in [5, 5.41) is 9.69. The van der Waals surface area contributed by atoms with Gasteiger partial charge in [-0.3, -0.25) is 9.36 Å². The Morgan fingerprint density at radius 1 is 1.50 bits per heavy atom. The minimum Gasteiger partial charge on any atom is -0.507 e. The largest absolute Gasteiger partial charge is 0.507 e. The maximum absolute atomic E-state index is 11.7. The van der Waals surface area contributed by atoms with Crippen LogP contribution in [0.15, 0.2) is 29.3 Å². The minimum absolute atomic E-state index is 0.0517. The maximum atomic E-state index is 11.7. The van der Waals surface area contributed by atoms with Crippen molar-refractivity contribution in [3.63, 3.8) is 0 Å². The van der Waals surface area contributed by atoms with Gasteiger partial charge in [-0.1, -0.05) is 6.07 Å². The lowest BCUT2D eigenvalue weighted by Gasteiger charge is -2.03. The molecule has 0 saturated heterocycles. The second kappa shape index (κ2) is 3.12. The van der Waals surface area contributed by atoms with E-state index in [1.807, 2.05) is 0 Å². The summed E-state index contributed by atoms with van der Waals surface area (Å²) < 4.78 is 1.24. The first-order valence-electron chi connectivity index (χ1n) is 4.11. The van der Waals surface area contributed by atoms with E-state index in [4.69, 9.17) is 5.73 Å². The van der Waals surface area contributed by atoms with E-state index in [-0.39, 0.29) is 23.4 Å². The van der Waals surface area contributed by atoms with Crippen LogP contribution in [-0.2, 0) is 6.67 Å². The first kappa shape index (κ1) is 8.71. The Bertz CT molecular complexity index is 533. The first-order chi connectivity index (χ1) is 6.74. The molecule has 1 aromatic carbocycles. The molecule has 3 N–H and O–H groups in total. The molecule has 0 unspecified atom stereocenters. The summed E-state index contributed by atoms with van der Waals surface area (Å²) in [6.07, 6.45) is 1.37. The third kappa shape index (κ3) is 1.14. The summed E-state index contributed by atoms with van der Waals surface area (Å²) in [5.41, 5.74) is 5.48. The number of nitrogens with two attached hydrogens (primary N) is 1. The second-order valence-electron chi connectivity index (χ2n) is 2.87. The predicted octanol–water partition coefficient (Wildman–Crippen LogP) is 0.0183. The molecule has 5 heteroatoms. The van der Waals surface area contributed by atoms with Crippen molar-refractivity contribution < 1.29 is 5.11 Å². The normalized spacial score (nSPS) is 10.6.